The lowest BCUT2D eigenvalue weighted by atomic mass is 10.0. The van der Waals surface area contributed by atoms with E-state index in [4.69, 9.17) is 15.6 Å². The van der Waals surface area contributed by atoms with Gasteiger partial charge < -0.3 is 10.1 Å². The average molecular weight is 150 g/mol. The zero-order chi connectivity index (χ0) is 8.43. The second-order valence-electron chi connectivity index (χ2n) is 2.37. The van der Waals surface area contributed by atoms with Gasteiger partial charge in [-0.25, -0.2) is 0 Å². The quantitative estimate of drug-likeness (QED) is 0.547. The highest BCUT2D eigenvalue weighted by molar-refractivity contribution is 6.20. The van der Waals surface area contributed by atoms with Crippen molar-refractivity contribution in [2.24, 2.45) is 0 Å². The van der Waals surface area contributed by atoms with Crippen molar-refractivity contribution in [3.05, 3.63) is 23.5 Å². The Morgan fingerprint density at radius 1 is 1.18 bits per heavy atom. The number of hydrogen-bond acceptors (Lipinski definition) is 3. The first-order chi connectivity index (χ1) is 5.15. The number of rotatable bonds is 1. The summed E-state index contributed by atoms with van der Waals surface area (Å²) in [5.41, 5.74) is 1.55. The van der Waals surface area contributed by atoms with Crippen molar-refractivity contribution >= 4 is 11.4 Å². The minimum absolute atomic E-state index is 0.334. The summed E-state index contributed by atoms with van der Waals surface area (Å²) in [4.78, 5) is 0. The van der Waals surface area contributed by atoms with Crippen LogP contribution in [0.2, 0.25) is 0 Å². The summed E-state index contributed by atoms with van der Waals surface area (Å²) in [6, 6.07) is 0. The van der Waals surface area contributed by atoms with Crippen molar-refractivity contribution < 1.29 is 4.74 Å². The Bertz CT molecular complexity index is 274. The molecule has 3 nitrogen and oxygen atoms in total. The molecule has 3 heteroatoms. The van der Waals surface area contributed by atoms with Gasteiger partial charge in [-0.15, -0.1) is 0 Å². The molecule has 0 heterocycles. The molecule has 1 rings (SSSR count). The van der Waals surface area contributed by atoms with Gasteiger partial charge in [0.25, 0.3) is 0 Å². The SMILES string of the molecule is COC1=CC(=N)C(C)=CC1=N. The maximum atomic E-state index is 7.40. The first-order valence-electron chi connectivity index (χ1n) is 3.27. The zero-order valence-electron chi connectivity index (χ0n) is 6.56. The van der Waals surface area contributed by atoms with E-state index in [0.717, 1.165) is 5.57 Å². The van der Waals surface area contributed by atoms with E-state index in [2.05, 4.69) is 0 Å². The first-order valence-corrected chi connectivity index (χ1v) is 3.27. The van der Waals surface area contributed by atoms with E-state index in [1.54, 1.807) is 19.1 Å². The number of hydrogen-bond donors (Lipinski definition) is 2. The molecule has 1 aliphatic carbocycles. The zero-order valence-corrected chi connectivity index (χ0v) is 6.56. The van der Waals surface area contributed by atoms with Gasteiger partial charge in [0, 0.05) is 6.08 Å². The molecular formula is C8H10N2O. The Morgan fingerprint density at radius 2 is 1.82 bits per heavy atom. The minimum Gasteiger partial charge on any atom is -0.494 e. The van der Waals surface area contributed by atoms with Crippen molar-refractivity contribution in [3.8, 4) is 0 Å². The predicted molar refractivity (Wildman–Crippen MR) is 44.3 cm³/mol. The smallest absolute Gasteiger partial charge is 0.145 e. The van der Waals surface area contributed by atoms with Crippen LogP contribution in [0.1, 0.15) is 6.92 Å². The summed E-state index contributed by atoms with van der Waals surface area (Å²) in [7, 11) is 1.50. The van der Waals surface area contributed by atoms with Crippen LogP contribution in [0.25, 0.3) is 0 Å². The van der Waals surface area contributed by atoms with Gasteiger partial charge in [-0.3, -0.25) is 5.41 Å². The summed E-state index contributed by atoms with van der Waals surface area (Å²) < 4.78 is 4.87. The second-order valence-corrected chi connectivity index (χ2v) is 2.37. The van der Waals surface area contributed by atoms with Crippen molar-refractivity contribution in [1.82, 2.24) is 0 Å². The molecule has 0 aliphatic heterocycles. The topological polar surface area (TPSA) is 56.9 Å². The van der Waals surface area contributed by atoms with Gasteiger partial charge in [0.15, 0.2) is 0 Å². The van der Waals surface area contributed by atoms with E-state index in [1.165, 1.54) is 7.11 Å². The Balaban J connectivity index is 2.98. The van der Waals surface area contributed by atoms with Crippen LogP contribution in [-0.2, 0) is 4.74 Å². The first kappa shape index (κ1) is 7.72. The lowest BCUT2D eigenvalue weighted by Crippen LogP contribution is -2.11. The van der Waals surface area contributed by atoms with E-state index >= 15 is 0 Å². The van der Waals surface area contributed by atoms with Gasteiger partial charge in [0.2, 0.25) is 0 Å². The molecule has 2 N–H and O–H groups in total. The van der Waals surface area contributed by atoms with Crippen LogP contribution in [0.15, 0.2) is 23.5 Å². The Morgan fingerprint density at radius 3 is 2.36 bits per heavy atom. The number of methoxy groups -OCH3 is 1. The molecule has 0 aromatic carbocycles. The van der Waals surface area contributed by atoms with Crippen molar-refractivity contribution in [2.75, 3.05) is 7.11 Å². The standard InChI is InChI=1S/C8H10N2O/c1-5-3-7(10)8(11-2)4-6(5)9/h3-4,9-10H,1-2H3. The van der Waals surface area contributed by atoms with Crippen LogP contribution in [0.3, 0.4) is 0 Å². The molecule has 58 valence electrons. The molecule has 0 radical (unpaired) electrons. The van der Waals surface area contributed by atoms with Crippen LogP contribution in [0.4, 0.5) is 0 Å². The summed E-state index contributed by atoms with van der Waals surface area (Å²) in [6.45, 7) is 1.81. The minimum atomic E-state index is 0.334. The number of nitrogens with one attached hydrogen (secondary N) is 2. The fraction of sp³-hybridized carbons (Fsp3) is 0.250. The third-order valence-electron chi connectivity index (χ3n) is 1.55. The third kappa shape index (κ3) is 1.37. The highest BCUT2D eigenvalue weighted by atomic mass is 16.5. The van der Waals surface area contributed by atoms with Crippen LogP contribution in [-0.4, -0.2) is 18.5 Å². The van der Waals surface area contributed by atoms with Gasteiger partial charge in [-0.2, -0.15) is 0 Å². The molecule has 1 aliphatic rings. The van der Waals surface area contributed by atoms with E-state index in [0.29, 0.717) is 17.2 Å². The lowest BCUT2D eigenvalue weighted by Gasteiger charge is -2.11. The summed E-state index contributed by atoms with van der Waals surface area (Å²) in [5, 5.41) is 14.8. The molecule has 0 amide bonds. The van der Waals surface area contributed by atoms with E-state index < -0.39 is 0 Å². The Labute approximate surface area is 65.4 Å². The van der Waals surface area contributed by atoms with Gasteiger partial charge in [-0.1, -0.05) is 0 Å². The normalized spacial score (nSPS) is 17.6. The highest BCUT2D eigenvalue weighted by Crippen LogP contribution is 2.11. The molecule has 0 aromatic rings. The molecule has 0 atom stereocenters. The highest BCUT2D eigenvalue weighted by Gasteiger charge is 2.11. The predicted octanol–water partition coefficient (Wildman–Crippen LogP) is 1.52. The maximum Gasteiger partial charge on any atom is 0.145 e. The summed E-state index contributed by atoms with van der Waals surface area (Å²) in [5.74, 6) is 0.459. The molecule has 0 bridgehead atoms. The fourth-order valence-electron chi connectivity index (χ4n) is 0.857. The van der Waals surface area contributed by atoms with Crippen molar-refractivity contribution in [3.63, 3.8) is 0 Å². The molecule has 0 aromatic heterocycles. The molecule has 0 saturated carbocycles. The van der Waals surface area contributed by atoms with Crippen LogP contribution >= 0.6 is 0 Å². The lowest BCUT2D eigenvalue weighted by molar-refractivity contribution is 0.315. The van der Waals surface area contributed by atoms with Gasteiger partial charge in [0.05, 0.1) is 18.5 Å². The van der Waals surface area contributed by atoms with Crippen molar-refractivity contribution in [1.29, 1.82) is 10.8 Å². The molecule has 11 heavy (non-hydrogen) atoms. The average Bonchev–Trinajstić information content (AvgIpc) is 1.97. The molecule has 0 saturated heterocycles. The van der Waals surface area contributed by atoms with Crippen LogP contribution in [0, 0.1) is 10.8 Å². The number of allylic oxidation sites excluding steroid dienone is 3. The van der Waals surface area contributed by atoms with Crippen LogP contribution in [0.5, 0.6) is 0 Å². The van der Waals surface area contributed by atoms with Crippen molar-refractivity contribution in [2.45, 2.75) is 6.92 Å². The van der Waals surface area contributed by atoms with E-state index in [9.17, 15) is 0 Å². The fourth-order valence-corrected chi connectivity index (χ4v) is 0.857. The summed E-state index contributed by atoms with van der Waals surface area (Å²) >= 11 is 0. The second kappa shape index (κ2) is 2.70. The molecule has 0 unspecified atom stereocenters. The molecule has 0 spiro atoms. The third-order valence-corrected chi connectivity index (χ3v) is 1.55. The molecule has 0 fully saturated rings. The van der Waals surface area contributed by atoms with E-state index in [1.807, 2.05) is 0 Å². The Hall–Kier alpha value is -1.38. The molecular weight excluding hydrogens is 140 g/mol. The van der Waals surface area contributed by atoms with Gasteiger partial charge in [0.1, 0.15) is 5.76 Å². The number of ether oxygens (including phenoxy) is 1. The largest absolute Gasteiger partial charge is 0.494 e. The van der Waals surface area contributed by atoms with E-state index in [-0.39, 0.29) is 0 Å². The van der Waals surface area contributed by atoms with Gasteiger partial charge >= 0.3 is 0 Å². The van der Waals surface area contributed by atoms with Gasteiger partial charge in [-0.05, 0) is 18.6 Å². The monoisotopic (exact) mass is 150 g/mol. The summed E-state index contributed by atoms with van der Waals surface area (Å²) in [6.07, 6.45) is 3.18. The Kier molecular flexibility index (Phi) is 1.89. The maximum absolute atomic E-state index is 7.40. The van der Waals surface area contributed by atoms with Crippen LogP contribution < -0.4 is 0 Å².